The number of carbonyl (C=O) groups excluding carboxylic acids is 1. The molecule has 1 amide bonds. The van der Waals surface area contributed by atoms with E-state index < -0.39 is 0 Å². The SMILES string of the molecule is COC1CCC(NC(=O)c2nccnc2-n2ccnc2)CC1. The number of rotatable bonds is 4. The predicted octanol–water partition coefficient (Wildman–Crippen LogP) is 1.35. The average molecular weight is 301 g/mol. The number of hydrogen-bond donors (Lipinski definition) is 1. The Labute approximate surface area is 128 Å². The minimum Gasteiger partial charge on any atom is -0.381 e. The predicted molar refractivity (Wildman–Crippen MR) is 79.7 cm³/mol. The van der Waals surface area contributed by atoms with Gasteiger partial charge in [0.05, 0.1) is 6.10 Å². The number of methoxy groups -OCH3 is 1. The molecule has 116 valence electrons. The molecule has 1 fully saturated rings. The summed E-state index contributed by atoms with van der Waals surface area (Å²) >= 11 is 0. The van der Waals surface area contributed by atoms with Gasteiger partial charge in [0, 0.05) is 37.9 Å². The fraction of sp³-hybridized carbons (Fsp3) is 0.467. The highest BCUT2D eigenvalue weighted by Crippen LogP contribution is 2.21. The molecule has 0 spiro atoms. The first kappa shape index (κ1) is 14.6. The zero-order valence-corrected chi connectivity index (χ0v) is 12.5. The normalized spacial score (nSPS) is 21.5. The van der Waals surface area contributed by atoms with Crippen molar-refractivity contribution in [2.75, 3.05) is 7.11 Å². The van der Waals surface area contributed by atoms with Crippen LogP contribution in [0.3, 0.4) is 0 Å². The van der Waals surface area contributed by atoms with Crippen LogP contribution in [0, 0.1) is 0 Å². The van der Waals surface area contributed by atoms with Gasteiger partial charge in [-0.2, -0.15) is 0 Å². The molecular weight excluding hydrogens is 282 g/mol. The van der Waals surface area contributed by atoms with Crippen LogP contribution >= 0.6 is 0 Å². The second-order valence-electron chi connectivity index (χ2n) is 5.38. The third kappa shape index (κ3) is 3.14. The molecule has 0 saturated heterocycles. The number of hydrogen-bond acceptors (Lipinski definition) is 5. The molecule has 2 aromatic heterocycles. The first-order chi connectivity index (χ1) is 10.8. The summed E-state index contributed by atoms with van der Waals surface area (Å²) in [5.41, 5.74) is 0.314. The maximum atomic E-state index is 12.5. The number of imidazole rings is 1. The molecule has 3 rings (SSSR count). The van der Waals surface area contributed by atoms with E-state index in [1.807, 2.05) is 0 Å². The molecule has 7 nitrogen and oxygen atoms in total. The molecule has 1 N–H and O–H groups in total. The van der Waals surface area contributed by atoms with Crippen LogP contribution in [0.5, 0.6) is 0 Å². The van der Waals surface area contributed by atoms with Crippen molar-refractivity contribution in [3.63, 3.8) is 0 Å². The molecule has 0 aromatic carbocycles. The third-order valence-corrected chi connectivity index (χ3v) is 3.99. The topological polar surface area (TPSA) is 81.9 Å². The zero-order chi connectivity index (χ0) is 15.4. The smallest absolute Gasteiger partial charge is 0.273 e. The van der Waals surface area contributed by atoms with Crippen molar-refractivity contribution in [2.24, 2.45) is 0 Å². The Hall–Kier alpha value is -2.28. The molecule has 2 aromatic rings. The maximum absolute atomic E-state index is 12.5. The van der Waals surface area contributed by atoms with Gasteiger partial charge in [-0.25, -0.2) is 15.0 Å². The number of nitrogens with zero attached hydrogens (tertiary/aromatic N) is 4. The number of ether oxygens (including phenoxy) is 1. The van der Waals surface area contributed by atoms with Crippen LogP contribution in [0.25, 0.3) is 5.82 Å². The summed E-state index contributed by atoms with van der Waals surface area (Å²) in [6, 6.07) is 0.163. The van der Waals surface area contributed by atoms with Crippen LogP contribution in [0.1, 0.15) is 36.2 Å². The average Bonchev–Trinajstić information content (AvgIpc) is 3.10. The molecule has 22 heavy (non-hydrogen) atoms. The van der Waals surface area contributed by atoms with Gasteiger partial charge >= 0.3 is 0 Å². The largest absolute Gasteiger partial charge is 0.381 e. The lowest BCUT2D eigenvalue weighted by Crippen LogP contribution is -2.39. The van der Waals surface area contributed by atoms with Gasteiger partial charge < -0.3 is 10.1 Å². The lowest BCUT2D eigenvalue weighted by atomic mass is 9.93. The fourth-order valence-corrected chi connectivity index (χ4v) is 2.76. The second-order valence-corrected chi connectivity index (χ2v) is 5.38. The summed E-state index contributed by atoms with van der Waals surface area (Å²) in [6.45, 7) is 0. The van der Waals surface area contributed by atoms with E-state index in [-0.39, 0.29) is 11.9 Å². The van der Waals surface area contributed by atoms with E-state index in [4.69, 9.17) is 4.74 Å². The summed E-state index contributed by atoms with van der Waals surface area (Å²) < 4.78 is 7.04. The van der Waals surface area contributed by atoms with Gasteiger partial charge in [-0.15, -0.1) is 0 Å². The Morgan fingerprint density at radius 1 is 1.23 bits per heavy atom. The summed E-state index contributed by atoms with van der Waals surface area (Å²) in [7, 11) is 1.74. The molecule has 1 saturated carbocycles. The molecule has 0 atom stereocenters. The molecule has 0 aliphatic heterocycles. The Bertz CT molecular complexity index is 621. The van der Waals surface area contributed by atoms with Crippen LogP contribution in [-0.4, -0.2) is 44.7 Å². The highest BCUT2D eigenvalue weighted by Gasteiger charge is 2.24. The summed E-state index contributed by atoms with van der Waals surface area (Å²) in [4.78, 5) is 24.9. The lowest BCUT2D eigenvalue weighted by molar-refractivity contribution is 0.0598. The Kier molecular flexibility index (Phi) is 4.43. The zero-order valence-electron chi connectivity index (χ0n) is 12.5. The van der Waals surface area contributed by atoms with Gasteiger partial charge in [0.1, 0.15) is 6.33 Å². The van der Waals surface area contributed by atoms with Crippen molar-refractivity contribution in [1.82, 2.24) is 24.8 Å². The quantitative estimate of drug-likeness (QED) is 0.922. The van der Waals surface area contributed by atoms with E-state index >= 15 is 0 Å². The van der Waals surface area contributed by atoms with Gasteiger partial charge in [-0.3, -0.25) is 9.36 Å². The molecule has 1 aliphatic rings. The van der Waals surface area contributed by atoms with Gasteiger partial charge in [0.25, 0.3) is 5.91 Å². The number of aromatic nitrogens is 4. The van der Waals surface area contributed by atoms with Crippen molar-refractivity contribution >= 4 is 5.91 Å². The minimum atomic E-state index is -0.197. The first-order valence-corrected chi connectivity index (χ1v) is 7.41. The van der Waals surface area contributed by atoms with E-state index in [0.717, 1.165) is 25.7 Å². The highest BCUT2D eigenvalue weighted by atomic mass is 16.5. The van der Waals surface area contributed by atoms with Gasteiger partial charge in [0.2, 0.25) is 0 Å². The lowest BCUT2D eigenvalue weighted by Gasteiger charge is -2.28. The maximum Gasteiger partial charge on any atom is 0.273 e. The van der Waals surface area contributed by atoms with E-state index in [0.29, 0.717) is 17.6 Å². The first-order valence-electron chi connectivity index (χ1n) is 7.41. The van der Waals surface area contributed by atoms with E-state index in [1.165, 1.54) is 6.20 Å². The molecule has 0 radical (unpaired) electrons. The standard InChI is InChI=1S/C15H19N5O2/c1-22-12-4-2-11(3-5-12)19-15(21)13-14(18-7-6-17-13)20-9-8-16-10-20/h6-12H,2-5H2,1H3,(H,19,21). The number of carbonyl (C=O) groups is 1. The summed E-state index contributed by atoms with van der Waals surface area (Å²) in [5, 5.41) is 3.05. The second kappa shape index (κ2) is 6.65. The molecule has 7 heteroatoms. The van der Waals surface area contributed by atoms with Crippen molar-refractivity contribution < 1.29 is 9.53 Å². The summed E-state index contributed by atoms with van der Waals surface area (Å²) in [6.07, 6.45) is 12.2. The highest BCUT2D eigenvalue weighted by molar-refractivity contribution is 5.95. The Balaban J connectivity index is 1.71. The molecule has 1 aliphatic carbocycles. The van der Waals surface area contributed by atoms with Crippen LogP contribution in [0.4, 0.5) is 0 Å². The van der Waals surface area contributed by atoms with Crippen molar-refractivity contribution in [1.29, 1.82) is 0 Å². The molecular formula is C15H19N5O2. The van der Waals surface area contributed by atoms with Crippen molar-refractivity contribution in [3.05, 3.63) is 36.8 Å². The monoisotopic (exact) mass is 301 g/mol. The van der Waals surface area contributed by atoms with Crippen LogP contribution in [0.2, 0.25) is 0 Å². The van der Waals surface area contributed by atoms with E-state index in [9.17, 15) is 4.79 Å². The van der Waals surface area contributed by atoms with Crippen LogP contribution < -0.4 is 5.32 Å². The molecule has 2 heterocycles. The number of nitrogens with one attached hydrogen (secondary N) is 1. The molecule has 0 bridgehead atoms. The van der Waals surface area contributed by atoms with Crippen LogP contribution in [-0.2, 0) is 4.74 Å². The van der Waals surface area contributed by atoms with Crippen LogP contribution in [0.15, 0.2) is 31.1 Å². The number of amides is 1. The van der Waals surface area contributed by atoms with Gasteiger partial charge in [-0.05, 0) is 25.7 Å². The minimum absolute atomic E-state index is 0.163. The Morgan fingerprint density at radius 2 is 2.00 bits per heavy atom. The van der Waals surface area contributed by atoms with Crippen molar-refractivity contribution in [3.8, 4) is 5.82 Å². The van der Waals surface area contributed by atoms with E-state index in [1.54, 1.807) is 36.6 Å². The molecule has 0 unspecified atom stereocenters. The van der Waals surface area contributed by atoms with Gasteiger partial charge in [0.15, 0.2) is 11.5 Å². The summed E-state index contributed by atoms with van der Waals surface area (Å²) in [5.74, 6) is 0.292. The van der Waals surface area contributed by atoms with E-state index in [2.05, 4.69) is 20.3 Å². The van der Waals surface area contributed by atoms with Crippen molar-refractivity contribution in [2.45, 2.75) is 37.8 Å². The fourth-order valence-electron chi connectivity index (χ4n) is 2.76. The Morgan fingerprint density at radius 3 is 2.68 bits per heavy atom. The van der Waals surface area contributed by atoms with Gasteiger partial charge in [-0.1, -0.05) is 0 Å². The third-order valence-electron chi connectivity index (χ3n) is 3.99.